The van der Waals surface area contributed by atoms with Crippen molar-refractivity contribution in [2.45, 2.75) is 80.6 Å². The lowest BCUT2D eigenvalue weighted by Crippen LogP contribution is -2.73. The maximum atomic E-state index is 16.9. The van der Waals surface area contributed by atoms with Gasteiger partial charge in [-0.25, -0.2) is 4.39 Å². The first kappa shape index (κ1) is 22.9. The molecule has 0 radical (unpaired) electrons. The first-order valence-corrected chi connectivity index (χ1v) is 13.1. The van der Waals surface area contributed by atoms with E-state index in [0.717, 1.165) is 41.3 Å². The lowest BCUT2D eigenvalue weighted by Gasteiger charge is -2.61. The van der Waals surface area contributed by atoms with Crippen molar-refractivity contribution in [1.82, 2.24) is 15.1 Å². The molecule has 2 aliphatic heterocycles. The molecule has 3 aliphatic carbocycles. The maximum absolute atomic E-state index is 16.9. The van der Waals surface area contributed by atoms with Crippen molar-refractivity contribution in [3.8, 4) is 0 Å². The molecule has 8 heteroatoms. The van der Waals surface area contributed by atoms with Crippen LogP contribution >= 0.6 is 0 Å². The molecule has 36 heavy (non-hydrogen) atoms. The van der Waals surface area contributed by atoms with Gasteiger partial charge in [-0.05, 0) is 75.0 Å². The third kappa shape index (κ3) is 2.54. The van der Waals surface area contributed by atoms with Crippen LogP contribution in [0, 0.1) is 11.3 Å². The predicted octanol–water partition coefficient (Wildman–Crippen LogP) is 3.34. The molecule has 2 spiro atoms. The number of nitrogen functional groups attached to an aromatic ring is 1. The number of ether oxygens (including phenoxy) is 1. The SMILES string of the molecule is CN(C)C1CC23CCC4(O2)C(=CCC2(C)C(c5ccc6[nH]nc(N)c6c5)=CCC24)CC3(F)C(O)C1O. The average Bonchev–Trinajstić information content (AvgIpc) is 3.51. The van der Waals surface area contributed by atoms with Crippen molar-refractivity contribution in [1.29, 1.82) is 0 Å². The highest BCUT2D eigenvalue weighted by Crippen LogP contribution is 2.70. The summed E-state index contributed by atoms with van der Waals surface area (Å²) in [4.78, 5) is 1.89. The summed E-state index contributed by atoms with van der Waals surface area (Å²) in [5.74, 6) is 0.681. The minimum atomic E-state index is -1.99. The van der Waals surface area contributed by atoms with Gasteiger partial charge in [-0.15, -0.1) is 0 Å². The number of halogens is 1. The quantitative estimate of drug-likeness (QED) is 0.477. The molecule has 7 nitrogen and oxygen atoms in total. The summed E-state index contributed by atoms with van der Waals surface area (Å²) in [5.41, 5.74) is 6.63. The average molecular weight is 495 g/mol. The Kier molecular flexibility index (Phi) is 4.44. The molecular weight excluding hydrogens is 459 g/mol. The number of H-pyrrole nitrogens is 1. The molecule has 8 atom stereocenters. The highest BCUT2D eigenvalue weighted by atomic mass is 19.1. The van der Waals surface area contributed by atoms with Crippen molar-refractivity contribution in [3.63, 3.8) is 0 Å². The Morgan fingerprint density at radius 3 is 2.81 bits per heavy atom. The summed E-state index contributed by atoms with van der Waals surface area (Å²) in [6.45, 7) is 2.31. The van der Waals surface area contributed by atoms with Gasteiger partial charge in [-0.3, -0.25) is 5.10 Å². The van der Waals surface area contributed by atoms with Crippen molar-refractivity contribution < 1.29 is 19.3 Å². The van der Waals surface area contributed by atoms with Gasteiger partial charge in [0.1, 0.15) is 11.7 Å². The van der Waals surface area contributed by atoms with Crippen LogP contribution in [-0.2, 0) is 4.74 Å². The number of rotatable bonds is 2. The zero-order valence-corrected chi connectivity index (χ0v) is 21.1. The van der Waals surface area contributed by atoms with Crippen LogP contribution in [0.5, 0.6) is 0 Å². The first-order valence-electron chi connectivity index (χ1n) is 13.1. The topological polar surface area (TPSA) is 108 Å². The Morgan fingerprint density at radius 1 is 1.22 bits per heavy atom. The second kappa shape index (κ2) is 6.98. The largest absolute Gasteiger partial charge is 0.389 e. The van der Waals surface area contributed by atoms with Crippen LogP contribution in [-0.4, -0.2) is 74.5 Å². The number of aromatic nitrogens is 2. The summed E-state index contributed by atoms with van der Waals surface area (Å²) in [6.07, 6.45) is 5.33. The lowest BCUT2D eigenvalue weighted by atomic mass is 9.56. The Hall–Kier alpha value is -2.26. The second-order valence-corrected chi connectivity index (χ2v) is 12.3. The maximum Gasteiger partial charge on any atom is 0.171 e. The number of hydrogen-bond donors (Lipinski definition) is 4. The summed E-state index contributed by atoms with van der Waals surface area (Å²) in [6, 6.07) is 5.92. The Bertz CT molecular complexity index is 1340. The van der Waals surface area contributed by atoms with Gasteiger partial charge < -0.3 is 25.6 Å². The van der Waals surface area contributed by atoms with Crippen LogP contribution in [0.3, 0.4) is 0 Å². The third-order valence-corrected chi connectivity index (χ3v) is 10.6. The number of allylic oxidation sites excluding steroid dienone is 3. The molecule has 2 saturated heterocycles. The van der Waals surface area contributed by atoms with E-state index in [1.165, 1.54) is 5.57 Å². The van der Waals surface area contributed by atoms with E-state index < -0.39 is 29.1 Å². The Labute approximate surface area is 210 Å². The first-order chi connectivity index (χ1) is 17.0. The highest BCUT2D eigenvalue weighted by Gasteiger charge is 2.76. The number of alkyl halides is 1. The molecule has 2 bridgehead atoms. The van der Waals surface area contributed by atoms with Crippen LogP contribution in [0.2, 0.25) is 0 Å². The van der Waals surface area contributed by atoms with Crippen molar-refractivity contribution >= 4 is 22.3 Å². The number of aliphatic hydroxyl groups is 2. The van der Waals surface area contributed by atoms with Crippen molar-refractivity contribution in [2.24, 2.45) is 11.3 Å². The van der Waals surface area contributed by atoms with Crippen LogP contribution in [0.1, 0.15) is 51.0 Å². The third-order valence-electron chi connectivity index (χ3n) is 10.6. The molecule has 3 fully saturated rings. The van der Waals surface area contributed by atoms with Gasteiger partial charge in [-0.1, -0.05) is 25.1 Å². The predicted molar refractivity (Wildman–Crippen MR) is 136 cm³/mol. The van der Waals surface area contributed by atoms with Gasteiger partial charge in [0.05, 0.1) is 17.2 Å². The molecule has 3 heterocycles. The van der Waals surface area contributed by atoms with E-state index in [1.807, 2.05) is 25.1 Å². The lowest BCUT2D eigenvalue weighted by molar-refractivity contribution is -0.282. The molecule has 192 valence electrons. The number of hydrogen-bond acceptors (Lipinski definition) is 6. The van der Waals surface area contributed by atoms with Crippen molar-refractivity contribution in [2.75, 3.05) is 19.8 Å². The van der Waals surface area contributed by atoms with E-state index in [2.05, 4.69) is 41.4 Å². The fourth-order valence-corrected chi connectivity index (χ4v) is 8.63. The molecule has 5 N–H and O–H groups in total. The van der Waals surface area contributed by atoms with Gasteiger partial charge in [0.25, 0.3) is 0 Å². The number of benzene rings is 1. The van der Waals surface area contributed by atoms with Crippen LogP contribution in [0.25, 0.3) is 16.5 Å². The van der Waals surface area contributed by atoms with Crippen LogP contribution in [0.15, 0.2) is 35.9 Å². The standard InChI is InChI=1S/C28H35FN4O3/c1-25-9-8-16-13-28(29)23(35)22(34)20(33(2)3)14-26(28)10-11-27(16,36-26)21(25)7-5-18(25)15-4-6-19-17(12-15)24(30)32-31-19/h4-6,8,12,20-23,34-35H,7,9-11,13-14H2,1-3H3,(H3,30,31,32). The molecule has 5 aliphatic rings. The van der Waals surface area contributed by atoms with Gasteiger partial charge in [0.2, 0.25) is 0 Å². The zero-order valence-electron chi connectivity index (χ0n) is 21.1. The van der Waals surface area contributed by atoms with E-state index >= 15 is 4.39 Å². The Morgan fingerprint density at radius 2 is 2.03 bits per heavy atom. The molecular formula is C28H35FN4O3. The fourth-order valence-electron chi connectivity index (χ4n) is 8.63. The number of nitrogens with two attached hydrogens (primary N) is 1. The van der Waals surface area contributed by atoms with Gasteiger partial charge in [0.15, 0.2) is 11.5 Å². The molecule has 0 amide bonds. The summed E-state index contributed by atoms with van der Waals surface area (Å²) in [7, 11) is 3.74. The van der Waals surface area contributed by atoms with E-state index in [4.69, 9.17) is 10.5 Å². The van der Waals surface area contributed by atoms with Gasteiger partial charge >= 0.3 is 0 Å². The van der Waals surface area contributed by atoms with Crippen molar-refractivity contribution in [3.05, 3.63) is 41.5 Å². The number of nitrogens with zero attached hydrogens (tertiary/aromatic N) is 2. The fraction of sp³-hybridized carbons (Fsp3) is 0.607. The molecule has 1 aromatic heterocycles. The number of aliphatic hydroxyl groups excluding tert-OH is 2. The zero-order chi connectivity index (χ0) is 25.3. The molecule has 2 aromatic rings. The van der Waals surface area contributed by atoms with Crippen LogP contribution in [0.4, 0.5) is 10.2 Å². The van der Waals surface area contributed by atoms with Gasteiger partial charge in [-0.2, -0.15) is 5.10 Å². The number of likely N-dealkylation sites (N-methyl/N-ethyl adjacent to an activating group) is 1. The molecule has 1 aromatic carbocycles. The second-order valence-electron chi connectivity index (χ2n) is 12.3. The van der Waals surface area contributed by atoms with Crippen LogP contribution < -0.4 is 5.73 Å². The molecule has 1 saturated carbocycles. The molecule has 7 rings (SSSR count). The smallest absolute Gasteiger partial charge is 0.171 e. The van der Waals surface area contributed by atoms with E-state index in [9.17, 15) is 10.2 Å². The Balaban J connectivity index is 1.30. The number of nitrogens with one attached hydrogen (secondary N) is 1. The number of aromatic amines is 1. The van der Waals surface area contributed by atoms with E-state index in [1.54, 1.807) is 0 Å². The minimum absolute atomic E-state index is 0.130. The summed E-state index contributed by atoms with van der Waals surface area (Å²) in [5, 5.41) is 30.0. The number of anilines is 1. The van der Waals surface area contributed by atoms with E-state index in [-0.39, 0.29) is 23.8 Å². The van der Waals surface area contributed by atoms with Gasteiger partial charge in [0, 0.05) is 29.2 Å². The molecule has 8 unspecified atom stereocenters. The number of fused-ring (bicyclic) bond motifs is 2. The van der Waals surface area contributed by atoms with E-state index in [0.29, 0.717) is 18.7 Å². The minimum Gasteiger partial charge on any atom is -0.389 e. The monoisotopic (exact) mass is 494 g/mol. The summed E-state index contributed by atoms with van der Waals surface area (Å²) >= 11 is 0. The highest BCUT2D eigenvalue weighted by molar-refractivity contribution is 5.92. The summed E-state index contributed by atoms with van der Waals surface area (Å²) < 4.78 is 23.9. The normalized spacial score (nSPS) is 45.3.